The molecule has 4 rings (SSSR count). The molecule has 1 amide bonds. The Hall–Kier alpha value is -4.01. The number of carbonyl (C=O) groups excluding carboxylic acids is 1. The topological polar surface area (TPSA) is 111 Å². The van der Waals surface area contributed by atoms with Crippen molar-refractivity contribution in [2.75, 3.05) is 19.8 Å². The number of carboxylic acids is 1. The van der Waals surface area contributed by atoms with Crippen LogP contribution in [0.2, 0.25) is 10.0 Å². The van der Waals surface area contributed by atoms with Crippen LogP contribution in [0.15, 0.2) is 71.3 Å². The minimum absolute atomic E-state index is 0.170. The highest BCUT2D eigenvalue weighted by molar-refractivity contribution is 6.35. The van der Waals surface area contributed by atoms with Gasteiger partial charge in [0, 0.05) is 16.1 Å². The first-order valence-electron chi connectivity index (χ1n) is 11.2. The standard InChI is InChI=1S/C27H22Cl2N2O6/c1-16-13-18(7-9-21(16)36-15-23(32)33)25-24(26(37-31-25)17-5-3-2-4-6-17)27(34)30-11-12-35-22-10-8-19(28)14-20(22)29/h2-10,13-14H,11-12,15H2,1H3,(H,30,34)(H,32,33). The Balaban J connectivity index is 1.56. The minimum Gasteiger partial charge on any atom is -0.490 e. The van der Waals surface area contributed by atoms with Crippen molar-refractivity contribution in [1.29, 1.82) is 0 Å². The van der Waals surface area contributed by atoms with Crippen LogP contribution in [0.1, 0.15) is 15.9 Å². The fourth-order valence-corrected chi connectivity index (χ4v) is 4.05. The summed E-state index contributed by atoms with van der Waals surface area (Å²) in [6.45, 7) is 1.68. The Kier molecular flexibility index (Phi) is 8.32. The van der Waals surface area contributed by atoms with Gasteiger partial charge in [-0.05, 0) is 48.9 Å². The van der Waals surface area contributed by atoms with Gasteiger partial charge in [0.15, 0.2) is 12.4 Å². The van der Waals surface area contributed by atoms with E-state index in [0.29, 0.717) is 49.7 Å². The number of halogens is 2. The van der Waals surface area contributed by atoms with Gasteiger partial charge in [0.05, 0.1) is 11.6 Å². The number of carbonyl (C=O) groups is 2. The molecule has 0 fully saturated rings. The predicted octanol–water partition coefficient (Wildman–Crippen LogP) is 5.90. The maximum atomic E-state index is 13.3. The number of hydrogen-bond acceptors (Lipinski definition) is 6. The maximum absolute atomic E-state index is 13.3. The van der Waals surface area contributed by atoms with E-state index in [2.05, 4.69) is 10.5 Å². The quantitative estimate of drug-likeness (QED) is 0.241. The number of nitrogens with zero attached hydrogens (tertiary/aromatic N) is 1. The summed E-state index contributed by atoms with van der Waals surface area (Å²) in [6, 6.07) is 19.2. The summed E-state index contributed by atoms with van der Waals surface area (Å²) in [5.74, 6) is -0.282. The lowest BCUT2D eigenvalue weighted by Crippen LogP contribution is -2.28. The zero-order valence-corrected chi connectivity index (χ0v) is 21.2. The van der Waals surface area contributed by atoms with E-state index >= 15 is 0 Å². The summed E-state index contributed by atoms with van der Waals surface area (Å²) in [7, 11) is 0. The van der Waals surface area contributed by atoms with Crippen molar-refractivity contribution in [2.24, 2.45) is 0 Å². The lowest BCUT2D eigenvalue weighted by molar-refractivity contribution is -0.139. The lowest BCUT2D eigenvalue weighted by atomic mass is 10.00. The minimum atomic E-state index is -1.08. The van der Waals surface area contributed by atoms with Gasteiger partial charge in [-0.2, -0.15) is 0 Å². The number of aromatic nitrogens is 1. The van der Waals surface area contributed by atoms with Crippen molar-refractivity contribution in [2.45, 2.75) is 6.92 Å². The highest BCUT2D eigenvalue weighted by Crippen LogP contribution is 2.34. The lowest BCUT2D eigenvalue weighted by Gasteiger charge is -2.11. The van der Waals surface area contributed by atoms with Crippen molar-refractivity contribution < 1.29 is 28.7 Å². The van der Waals surface area contributed by atoms with Gasteiger partial charge in [0.25, 0.3) is 5.91 Å². The first-order valence-corrected chi connectivity index (χ1v) is 12.0. The molecule has 2 N–H and O–H groups in total. The van der Waals surface area contributed by atoms with Crippen molar-refractivity contribution in [3.8, 4) is 34.1 Å². The molecule has 3 aromatic carbocycles. The summed E-state index contributed by atoms with van der Waals surface area (Å²) >= 11 is 12.0. The molecule has 0 aliphatic carbocycles. The number of aryl methyl sites for hydroxylation is 1. The van der Waals surface area contributed by atoms with Gasteiger partial charge >= 0.3 is 5.97 Å². The molecule has 0 atom stereocenters. The SMILES string of the molecule is Cc1cc(-c2noc(-c3ccccc3)c2C(=O)NCCOc2ccc(Cl)cc2Cl)ccc1OCC(=O)O. The second-order valence-corrected chi connectivity index (χ2v) is 8.79. The van der Waals surface area contributed by atoms with Crippen molar-refractivity contribution in [3.63, 3.8) is 0 Å². The zero-order valence-electron chi connectivity index (χ0n) is 19.7. The molecule has 10 heteroatoms. The van der Waals surface area contributed by atoms with Crippen molar-refractivity contribution in [1.82, 2.24) is 10.5 Å². The first-order chi connectivity index (χ1) is 17.8. The number of ether oxygens (including phenoxy) is 2. The third-order valence-corrected chi connectivity index (χ3v) is 5.82. The van der Waals surface area contributed by atoms with E-state index in [1.807, 2.05) is 30.3 Å². The van der Waals surface area contributed by atoms with Crippen LogP contribution in [0.25, 0.3) is 22.6 Å². The Morgan fingerprint density at radius 2 is 1.73 bits per heavy atom. The number of hydrogen-bond donors (Lipinski definition) is 2. The molecule has 0 aliphatic heterocycles. The predicted molar refractivity (Wildman–Crippen MR) is 140 cm³/mol. The van der Waals surface area contributed by atoms with Gasteiger partial charge in [-0.3, -0.25) is 4.79 Å². The van der Waals surface area contributed by atoms with Gasteiger partial charge in [-0.25, -0.2) is 4.79 Å². The molecule has 190 valence electrons. The van der Waals surface area contributed by atoms with Gasteiger partial charge in [-0.15, -0.1) is 0 Å². The average molecular weight is 541 g/mol. The number of aliphatic carboxylic acids is 1. The monoisotopic (exact) mass is 540 g/mol. The second-order valence-electron chi connectivity index (χ2n) is 7.94. The van der Waals surface area contributed by atoms with E-state index < -0.39 is 18.5 Å². The van der Waals surface area contributed by atoms with Crippen LogP contribution in [0, 0.1) is 6.92 Å². The maximum Gasteiger partial charge on any atom is 0.341 e. The smallest absolute Gasteiger partial charge is 0.341 e. The van der Waals surface area contributed by atoms with Crippen LogP contribution >= 0.6 is 23.2 Å². The molecule has 0 saturated carbocycles. The van der Waals surface area contributed by atoms with E-state index in [1.54, 1.807) is 43.3 Å². The number of carboxylic acid groups (broad SMARTS) is 1. The molecule has 8 nitrogen and oxygen atoms in total. The number of rotatable bonds is 10. The van der Waals surface area contributed by atoms with Gasteiger partial charge in [0.2, 0.25) is 0 Å². The van der Waals surface area contributed by atoms with Crippen LogP contribution in [-0.4, -0.2) is 41.9 Å². The third kappa shape index (κ3) is 6.41. The van der Waals surface area contributed by atoms with E-state index in [0.717, 1.165) is 0 Å². The van der Waals surface area contributed by atoms with E-state index in [-0.39, 0.29) is 18.7 Å². The highest BCUT2D eigenvalue weighted by Gasteiger charge is 2.25. The van der Waals surface area contributed by atoms with E-state index in [1.165, 1.54) is 0 Å². The first kappa shape index (κ1) is 26.1. The van der Waals surface area contributed by atoms with Crippen molar-refractivity contribution in [3.05, 3.63) is 87.9 Å². The molecule has 1 aromatic heterocycles. The largest absolute Gasteiger partial charge is 0.490 e. The third-order valence-electron chi connectivity index (χ3n) is 5.29. The molecule has 0 saturated heterocycles. The molecule has 0 unspecified atom stereocenters. The Labute approximate surface area is 222 Å². The molecule has 0 radical (unpaired) electrons. The van der Waals surface area contributed by atoms with E-state index in [4.69, 9.17) is 42.3 Å². The molecule has 0 aliphatic rings. The van der Waals surface area contributed by atoms with Crippen LogP contribution < -0.4 is 14.8 Å². The fourth-order valence-electron chi connectivity index (χ4n) is 3.59. The van der Waals surface area contributed by atoms with Gasteiger partial charge in [-0.1, -0.05) is 58.7 Å². The highest BCUT2D eigenvalue weighted by atomic mass is 35.5. The Bertz CT molecular complexity index is 1420. The van der Waals surface area contributed by atoms with Crippen LogP contribution in [0.3, 0.4) is 0 Å². The Morgan fingerprint density at radius 3 is 2.43 bits per heavy atom. The zero-order chi connectivity index (χ0) is 26.4. The summed E-state index contributed by atoms with van der Waals surface area (Å²) in [6.07, 6.45) is 0. The average Bonchev–Trinajstić information content (AvgIpc) is 3.32. The molecule has 0 spiro atoms. The molecular formula is C27H22Cl2N2O6. The molecule has 0 bridgehead atoms. The van der Waals surface area contributed by atoms with Crippen LogP contribution in [0.5, 0.6) is 11.5 Å². The van der Waals surface area contributed by atoms with Gasteiger partial charge < -0.3 is 24.4 Å². The summed E-state index contributed by atoms with van der Waals surface area (Å²) in [5.41, 5.74) is 2.58. The van der Waals surface area contributed by atoms with Crippen LogP contribution in [0.4, 0.5) is 0 Å². The number of amides is 1. The fraction of sp³-hybridized carbons (Fsp3) is 0.148. The summed E-state index contributed by atoms with van der Waals surface area (Å²) in [4.78, 5) is 24.2. The summed E-state index contributed by atoms with van der Waals surface area (Å²) in [5, 5.41) is 16.8. The van der Waals surface area contributed by atoms with Gasteiger partial charge in [0.1, 0.15) is 29.4 Å². The Morgan fingerprint density at radius 1 is 0.973 bits per heavy atom. The van der Waals surface area contributed by atoms with Crippen molar-refractivity contribution >= 4 is 35.1 Å². The van der Waals surface area contributed by atoms with Crippen LogP contribution in [-0.2, 0) is 4.79 Å². The number of nitrogens with one attached hydrogen (secondary N) is 1. The second kappa shape index (κ2) is 11.8. The molecule has 4 aromatic rings. The normalized spacial score (nSPS) is 10.7. The summed E-state index contributed by atoms with van der Waals surface area (Å²) < 4.78 is 16.6. The molecule has 1 heterocycles. The van der Waals surface area contributed by atoms with E-state index in [9.17, 15) is 9.59 Å². The number of benzene rings is 3. The molecule has 37 heavy (non-hydrogen) atoms. The molecular weight excluding hydrogens is 519 g/mol.